The molecule has 3 N–H and O–H groups in total. The fourth-order valence-electron chi connectivity index (χ4n) is 3.84. The van der Waals surface area contributed by atoms with Crippen LogP contribution in [0.2, 0.25) is 0 Å². The number of amides is 4. The SMILES string of the molecule is NS(=O)(=O)c1ccc(NC(=O)CCN2C(=O)CC(N3C(=O)C(=CC=Cc4ccccc4)SC3=S)C2=O)cc1. The lowest BCUT2D eigenvalue weighted by molar-refractivity contribution is -0.141. The Bertz CT molecular complexity index is 1470. The van der Waals surface area contributed by atoms with Crippen molar-refractivity contribution in [3.8, 4) is 0 Å². The van der Waals surface area contributed by atoms with Crippen molar-refractivity contribution in [3.63, 3.8) is 0 Å². The van der Waals surface area contributed by atoms with E-state index in [1.54, 1.807) is 12.2 Å². The van der Waals surface area contributed by atoms with E-state index < -0.39 is 39.7 Å². The van der Waals surface area contributed by atoms with E-state index in [1.165, 1.54) is 24.3 Å². The van der Waals surface area contributed by atoms with E-state index in [1.807, 2.05) is 36.4 Å². The third-order valence-corrected chi connectivity index (χ3v) is 8.00. The highest BCUT2D eigenvalue weighted by Crippen LogP contribution is 2.35. The molecule has 2 heterocycles. The highest BCUT2D eigenvalue weighted by Gasteiger charge is 2.48. The molecule has 0 aliphatic carbocycles. The van der Waals surface area contributed by atoms with Crippen LogP contribution >= 0.6 is 24.0 Å². The fourth-order valence-corrected chi connectivity index (χ4v) is 5.66. The lowest BCUT2D eigenvalue weighted by Crippen LogP contribution is -2.44. The molecular weight excluding hydrogens is 548 g/mol. The summed E-state index contributed by atoms with van der Waals surface area (Å²) < 4.78 is 22.9. The highest BCUT2D eigenvalue weighted by molar-refractivity contribution is 8.26. The van der Waals surface area contributed by atoms with Crippen LogP contribution in [0.4, 0.5) is 5.69 Å². The molecule has 0 radical (unpaired) electrons. The summed E-state index contributed by atoms with van der Waals surface area (Å²) in [5.41, 5.74) is 1.28. The van der Waals surface area contributed by atoms with Gasteiger partial charge in [-0.2, -0.15) is 0 Å². The Kier molecular flexibility index (Phi) is 8.21. The lowest BCUT2D eigenvalue weighted by Gasteiger charge is -2.21. The van der Waals surface area contributed by atoms with Crippen LogP contribution in [0.15, 0.2) is 76.5 Å². The number of carbonyl (C=O) groups excluding carboxylic acids is 4. The zero-order valence-corrected chi connectivity index (χ0v) is 22.2. The number of thiocarbonyl (C=S) groups is 1. The summed E-state index contributed by atoms with van der Waals surface area (Å²) in [5, 5.41) is 7.62. The average molecular weight is 571 g/mol. The fraction of sp³-hybridized carbons (Fsp3) is 0.160. The van der Waals surface area contributed by atoms with Gasteiger partial charge in [0.05, 0.1) is 16.2 Å². The number of allylic oxidation sites excluding steroid dienone is 2. The van der Waals surface area contributed by atoms with Crippen LogP contribution in [0.5, 0.6) is 0 Å². The molecule has 2 aromatic rings. The number of nitrogens with zero attached hydrogens (tertiary/aromatic N) is 2. The quantitative estimate of drug-likeness (QED) is 0.279. The van der Waals surface area contributed by atoms with Gasteiger partial charge < -0.3 is 5.32 Å². The Labute approximate surface area is 228 Å². The number of benzene rings is 2. The molecule has 2 aliphatic rings. The van der Waals surface area contributed by atoms with Gasteiger partial charge in [0.2, 0.25) is 21.8 Å². The topological polar surface area (TPSA) is 147 Å². The molecule has 2 fully saturated rings. The smallest absolute Gasteiger partial charge is 0.266 e. The molecule has 38 heavy (non-hydrogen) atoms. The van der Waals surface area contributed by atoms with Gasteiger partial charge in [-0.1, -0.05) is 66.5 Å². The van der Waals surface area contributed by atoms with Crippen molar-refractivity contribution in [3.05, 3.63) is 77.2 Å². The van der Waals surface area contributed by atoms with Gasteiger partial charge in [-0.25, -0.2) is 13.6 Å². The Balaban J connectivity index is 1.35. The molecule has 13 heteroatoms. The molecule has 4 amide bonds. The summed E-state index contributed by atoms with van der Waals surface area (Å²) >= 11 is 6.38. The van der Waals surface area contributed by atoms with E-state index in [9.17, 15) is 27.6 Å². The van der Waals surface area contributed by atoms with Crippen molar-refractivity contribution in [2.24, 2.45) is 5.14 Å². The maximum absolute atomic E-state index is 13.0. The largest absolute Gasteiger partial charge is 0.326 e. The van der Waals surface area contributed by atoms with Crippen molar-refractivity contribution < 1.29 is 27.6 Å². The molecule has 2 saturated heterocycles. The normalized spacial score (nSPS) is 19.3. The maximum atomic E-state index is 13.0. The molecule has 2 aromatic carbocycles. The minimum Gasteiger partial charge on any atom is -0.326 e. The van der Waals surface area contributed by atoms with E-state index >= 15 is 0 Å². The molecule has 1 unspecified atom stereocenters. The number of imide groups is 1. The second kappa shape index (κ2) is 11.4. The van der Waals surface area contributed by atoms with E-state index in [-0.39, 0.29) is 28.6 Å². The molecule has 10 nitrogen and oxygen atoms in total. The number of hydrogen-bond donors (Lipinski definition) is 2. The number of nitrogens with two attached hydrogens (primary N) is 1. The van der Waals surface area contributed by atoms with E-state index in [2.05, 4.69) is 5.32 Å². The number of nitrogens with one attached hydrogen (secondary N) is 1. The maximum Gasteiger partial charge on any atom is 0.266 e. The molecule has 0 aromatic heterocycles. The van der Waals surface area contributed by atoms with Gasteiger partial charge in [-0.15, -0.1) is 0 Å². The lowest BCUT2D eigenvalue weighted by atomic mass is 10.2. The van der Waals surface area contributed by atoms with Gasteiger partial charge in [0.15, 0.2) is 0 Å². The first-order chi connectivity index (χ1) is 18.0. The van der Waals surface area contributed by atoms with Crippen molar-refractivity contribution in [1.29, 1.82) is 0 Å². The summed E-state index contributed by atoms with van der Waals surface area (Å²) in [7, 11) is -3.86. The van der Waals surface area contributed by atoms with Crippen LogP contribution in [0.1, 0.15) is 18.4 Å². The van der Waals surface area contributed by atoms with Crippen LogP contribution in [0.25, 0.3) is 6.08 Å². The first kappa shape index (κ1) is 27.4. The van der Waals surface area contributed by atoms with Gasteiger partial charge in [0.25, 0.3) is 11.8 Å². The third kappa shape index (κ3) is 6.25. The molecule has 4 rings (SSSR count). The Hall–Kier alpha value is -3.65. The number of anilines is 1. The first-order valence-corrected chi connectivity index (χ1v) is 14.1. The summed E-state index contributed by atoms with van der Waals surface area (Å²) in [6.07, 6.45) is 4.75. The number of carbonyl (C=O) groups is 4. The molecule has 0 spiro atoms. The van der Waals surface area contributed by atoms with Crippen LogP contribution in [0, 0.1) is 0 Å². The first-order valence-electron chi connectivity index (χ1n) is 11.3. The third-order valence-electron chi connectivity index (χ3n) is 5.72. The monoisotopic (exact) mass is 570 g/mol. The summed E-state index contributed by atoms with van der Waals surface area (Å²) in [4.78, 5) is 53.3. The van der Waals surface area contributed by atoms with Crippen LogP contribution in [-0.2, 0) is 29.2 Å². The van der Waals surface area contributed by atoms with E-state index in [0.717, 1.165) is 27.1 Å². The zero-order chi connectivity index (χ0) is 27.4. The van der Waals surface area contributed by atoms with E-state index in [0.29, 0.717) is 10.6 Å². The van der Waals surface area contributed by atoms with Crippen LogP contribution < -0.4 is 10.5 Å². The minimum absolute atomic E-state index is 0.104. The Morgan fingerprint density at radius 3 is 2.45 bits per heavy atom. The predicted molar refractivity (Wildman–Crippen MR) is 147 cm³/mol. The molecule has 1 atom stereocenters. The van der Waals surface area contributed by atoms with Gasteiger partial charge in [-0.05, 0) is 35.9 Å². The summed E-state index contributed by atoms with van der Waals surface area (Å²) in [5.74, 6) is -2.05. The Morgan fingerprint density at radius 1 is 1.11 bits per heavy atom. The van der Waals surface area contributed by atoms with Gasteiger partial charge in [0, 0.05) is 18.7 Å². The number of sulfonamides is 1. The number of rotatable bonds is 8. The van der Waals surface area contributed by atoms with E-state index in [4.69, 9.17) is 17.4 Å². The number of likely N-dealkylation sites (tertiary alicyclic amines) is 1. The zero-order valence-electron chi connectivity index (χ0n) is 19.8. The number of thioether (sulfide) groups is 1. The van der Waals surface area contributed by atoms with Crippen LogP contribution in [-0.4, -0.2) is 58.8 Å². The van der Waals surface area contributed by atoms with Crippen molar-refractivity contribution in [1.82, 2.24) is 9.80 Å². The van der Waals surface area contributed by atoms with Gasteiger partial charge >= 0.3 is 0 Å². The van der Waals surface area contributed by atoms with Crippen molar-refractivity contribution in [2.75, 3.05) is 11.9 Å². The van der Waals surface area contributed by atoms with Crippen molar-refractivity contribution in [2.45, 2.75) is 23.8 Å². The Morgan fingerprint density at radius 2 is 1.79 bits per heavy atom. The summed E-state index contributed by atoms with van der Waals surface area (Å²) in [6.45, 7) is -0.181. The molecular formula is C25H22N4O6S3. The predicted octanol–water partition coefficient (Wildman–Crippen LogP) is 2.25. The standard InChI is InChI=1S/C25H22N4O6S3/c26-38(34,35)18-11-9-17(10-12-18)27-21(30)13-14-28-22(31)15-19(23(28)32)29-24(33)20(37-25(29)36)8-4-7-16-5-2-1-3-6-16/h1-12,19H,13-15H2,(H,27,30)(H2,26,34,35). The summed E-state index contributed by atoms with van der Waals surface area (Å²) in [6, 6.07) is 13.7. The molecule has 196 valence electrons. The molecule has 0 bridgehead atoms. The second-order valence-electron chi connectivity index (χ2n) is 8.31. The number of primary sulfonamides is 1. The average Bonchev–Trinajstić information content (AvgIpc) is 3.31. The minimum atomic E-state index is -3.86. The molecule has 0 saturated carbocycles. The number of hydrogen-bond acceptors (Lipinski definition) is 8. The highest BCUT2D eigenvalue weighted by atomic mass is 32.2. The van der Waals surface area contributed by atoms with Crippen molar-refractivity contribution >= 4 is 73.7 Å². The second-order valence-corrected chi connectivity index (χ2v) is 11.6. The van der Waals surface area contributed by atoms with Gasteiger partial charge in [-0.3, -0.25) is 29.0 Å². The van der Waals surface area contributed by atoms with Gasteiger partial charge in [0.1, 0.15) is 10.4 Å². The van der Waals surface area contributed by atoms with Crippen LogP contribution in [0.3, 0.4) is 0 Å². The molecule has 2 aliphatic heterocycles.